The van der Waals surface area contributed by atoms with Crippen molar-refractivity contribution in [3.05, 3.63) is 76.5 Å². The molecule has 3 amide bonds. The van der Waals surface area contributed by atoms with Crippen LogP contribution in [0.1, 0.15) is 24.5 Å². The highest BCUT2D eigenvalue weighted by Gasteiger charge is 2.48. The molecule has 1 saturated heterocycles. The van der Waals surface area contributed by atoms with Gasteiger partial charge in [0.25, 0.3) is 0 Å². The van der Waals surface area contributed by atoms with E-state index in [0.29, 0.717) is 16.5 Å². The number of amides is 3. The third-order valence-electron chi connectivity index (χ3n) is 5.55. The summed E-state index contributed by atoms with van der Waals surface area (Å²) < 4.78 is 56.6. The predicted molar refractivity (Wildman–Crippen MR) is 119 cm³/mol. The number of benzene rings is 2. The number of hydrogen-bond acceptors (Lipinski definition) is 4. The van der Waals surface area contributed by atoms with Crippen LogP contribution in [0.2, 0.25) is 0 Å². The standard InChI is InChI=1S/C24H20F4N4O2/c1-24(16(12-29)13-30-2)11-21(33)32(23(34)31(24)3)22-19(27)8-14(9-20(22)28)4-5-15-6-7-17(25)10-18(15)26/h6-10,12-13H,11,29H2,1-3H3/t24-/m0/s1. The van der Waals surface area contributed by atoms with Crippen LogP contribution < -0.4 is 10.6 Å². The Bertz CT molecular complexity index is 1270. The van der Waals surface area contributed by atoms with Crippen molar-refractivity contribution in [2.45, 2.75) is 18.9 Å². The minimum absolute atomic E-state index is 0.173. The highest BCUT2D eigenvalue weighted by Crippen LogP contribution is 2.36. The van der Waals surface area contributed by atoms with Gasteiger partial charge in [0.15, 0.2) is 11.6 Å². The lowest BCUT2D eigenvalue weighted by atomic mass is 9.85. The van der Waals surface area contributed by atoms with E-state index in [2.05, 4.69) is 16.8 Å². The normalized spacial score (nSPS) is 19.0. The molecule has 3 rings (SSSR count). The molecule has 0 aromatic heterocycles. The summed E-state index contributed by atoms with van der Waals surface area (Å²) in [6, 6.07) is 3.37. The van der Waals surface area contributed by atoms with Gasteiger partial charge < -0.3 is 10.6 Å². The lowest BCUT2D eigenvalue weighted by Crippen LogP contribution is -2.62. The van der Waals surface area contributed by atoms with Gasteiger partial charge in [0.1, 0.15) is 17.3 Å². The first-order valence-corrected chi connectivity index (χ1v) is 9.95. The number of imide groups is 1. The second-order valence-corrected chi connectivity index (χ2v) is 7.69. The molecule has 2 N–H and O–H groups in total. The molecule has 2 aromatic rings. The van der Waals surface area contributed by atoms with Gasteiger partial charge in [-0.2, -0.15) is 0 Å². The number of carbonyl (C=O) groups is 2. The van der Waals surface area contributed by atoms with Crippen LogP contribution in [0.3, 0.4) is 0 Å². The highest BCUT2D eigenvalue weighted by molar-refractivity contribution is 6.17. The lowest BCUT2D eigenvalue weighted by molar-refractivity contribution is -0.121. The zero-order chi connectivity index (χ0) is 25.2. The fraction of sp³-hybridized carbons (Fsp3) is 0.208. The number of carbonyl (C=O) groups excluding carboxylic acids is 2. The Morgan fingerprint density at radius 3 is 2.29 bits per heavy atom. The van der Waals surface area contributed by atoms with Crippen molar-refractivity contribution >= 4 is 23.8 Å². The summed E-state index contributed by atoms with van der Waals surface area (Å²) in [6.45, 7) is 1.58. The molecular weight excluding hydrogens is 452 g/mol. The Labute approximate surface area is 193 Å². The number of halogens is 4. The van der Waals surface area contributed by atoms with Crippen molar-refractivity contribution in [3.63, 3.8) is 0 Å². The Kier molecular flexibility index (Phi) is 6.77. The second-order valence-electron chi connectivity index (χ2n) is 7.69. The monoisotopic (exact) mass is 472 g/mol. The summed E-state index contributed by atoms with van der Waals surface area (Å²) >= 11 is 0. The summed E-state index contributed by atoms with van der Waals surface area (Å²) in [5.41, 5.74) is 3.62. The number of hydrogen-bond donors (Lipinski definition) is 1. The molecule has 1 fully saturated rings. The number of nitrogens with zero attached hydrogens (tertiary/aromatic N) is 3. The summed E-state index contributed by atoms with van der Waals surface area (Å²) in [4.78, 5) is 31.3. The number of nitrogens with two attached hydrogens (primary N) is 1. The predicted octanol–water partition coefficient (Wildman–Crippen LogP) is 3.73. The number of aliphatic imine (C=N–C) groups is 1. The van der Waals surface area contributed by atoms with E-state index >= 15 is 0 Å². The summed E-state index contributed by atoms with van der Waals surface area (Å²) in [6.07, 6.45) is 2.29. The van der Waals surface area contributed by atoms with Crippen molar-refractivity contribution in [2.75, 3.05) is 19.0 Å². The maximum atomic E-state index is 14.9. The number of urea groups is 1. The maximum absolute atomic E-state index is 14.9. The second kappa shape index (κ2) is 9.39. The largest absolute Gasteiger partial charge is 0.404 e. The molecule has 34 heavy (non-hydrogen) atoms. The molecule has 0 saturated carbocycles. The highest BCUT2D eigenvalue weighted by atomic mass is 19.1. The quantitative estimate of drug-likeness (QED) is 0.420. The van der Waals surface area contributed by atoms with Crippen molar-refractivity contribution in [3.8, 4) is 11.8 Å². The van der Waals surface area contributed by atoms with Crippen LogP contribution in [0.4, 0.5) is 28.0 Å². The molecule has 1 aliphatic heterocycles. The molecule has 6 nitrogen and oxygen atoms in total. The minimum Gasteiger partial charge on any atom is -0.404 e. The van der Waals surface area contributed by atoms with E-state index in [0.717, 1.165) is 29.2 Å². The number of anilines is 1. The van der Waals surface area contributed by atoms with Crippen molar-refractivity contribution in [1.29, 1.82) is 0 Å². The molecule has 0 aliphatic carbocycles. The average Bonchev–Trinajstić information content (AvgIpc) is 2.77. The van der Waals surface area contributed by atoms with E-state index in [-0.39, 0.29) is 17.5 Å². The van der Waals surface area contributed by atoms with Crippen molar-refractivity contribution in [2.24, 2.45) is 10.7 Å². The zero-order valence-electron chi connectivity index (χ0n) is 18.5. The van der Waals surface area contributed by atoms with Crippen LogP contribution in [0.25, 0.3) is 0 Å². The van der Waals surface area contributed by atoms with Gasteiger partial charge in [-0.25, -0.2) is 27.3 Å². The van der Waals surface area contributed by atoms with E-state index in [9.17, 15) is 27.2 Å². The molecule has 1 heterocycles. The van der Waals surface area contributed by atoms with Crippen LogP contribution in [-0.4, -0.2) is 42.7 Å². The molecule has 1 aliphatic rings. The molecule has 0 radical (unpaired) electrons. The van der Waals surface area contributed by atoms with Crippen molar-refractivity contribution < 1.29 is 27.2 Å². The summed E-state index contributed by atoms with van der Waals surface area (Å²) in [7, 11) is 2.87. The smallest absolute Gasteiger partial charge is 0.332 e. The molecule has 0 bridgehead atoms. The molecule has 1 atom stereocenters. The molecule has 2 aromatic carbocycles. The van der Waals surface area contributed by atoms with Crippen LogP contribution in [0.5, 0.6) is 0 Å². The van der Waals surface area contributed by atoms with E-state index < -0.39 is 46.4 Å². The Balaban J connectivity index is 1.98. The van der Waals surface area contributed by atoms with E-state index in [1.165, 1.54) is 26.5 Å². The van der Waals surface area contributed by atoms with Crippen LogP contribution >= 0.6 is 0 Å². The Morgan fingerprint density at radius 2 is 1.74 bits per heavy atom. The molecule has 176 valence electrons. The average molecular weight is 472 g/mol. The zero-order valence-corrected chi connectivity index (χ0v) is 18.5. The fourth-order valence-corrected chi connectivity index (χ4v) is 3.56. The topological polar surface area (TPSA) is 79.0 Å². The first-order valence-electron chi connectivity index (χ1n) is 9.95. The SMILES string of the molecule is CN=CC(=CN)[C@]1(C)CC(=O)N(c2c(F)cc(C#Cc3ccc(F)cc3F)cc2F)C(=O)N1C. The van der Waals surface area contributed by atoms with Gasteiger partial charge in [-0.15, -0.1) is 0 Å². The van der Waals surface area contributed by atoms with Gasteiger partial charge >= 0.3 is 6.03 Å². The Morgan fingerprint density at radius 1 is 1.09 bits per heavy atom. The van der Waals surface area contributed by atoms with Crippen molar-refractivity contribution in [1.82, 2.24) is 4.90 Å². The maximum Gasteiger partial charge on any atom is 0.332 e. The van der Waals surface area contributed by atoms with Gasteiger partial charge in [-0.05, 0) is 31.2 Å². The first kappa shape index (κ1) is 24.5. The Hall–Kier alpha value is -4.13. The molecule has 0 unspecified atom stereocenters. The number of likely N-dealkylation sites (N-methyl/N-ethyl adjacent to an activating group) is 1. The van der Waals surface area contributed by atoms with Crippen LogP contribution in [0, 0.1) is 35.1 Å². The molecule has 10 heteroatoms. The number of rotatable bonds is 3. The fourth-order valence-electron chi connectivity index (χ4n) is 3.56. The van der Waals surface area contributed by atoms with Gasteiger partial charge in [-0.1, -0.05) is 11.8 Å². The summed E-state index contributed by atoms with van der Waals surface area (Å²) in [5.74, 6) is -0.252. The van der Waals surface area contributed by atoms with Gasteiger partial charge in [0.05, 0.1) is 17.5 Å². The summed E-state index contributed by atoms with van der Waals surface area (Å²) in [5, 5.41) is 0. The third-order valence-corrected chi connectivity index (χ3v) is 5.55. The lowest BCUT2D eigenvalue weighted by Gasteiger charge is -2.45. The van der Waals surface area contributed by atoms with E-state index in [1.807, 2.05) is 0 Å². The van der Waals surface area contributed by atoms with Gasteiger partial charge in [0.2, 0.25) is 5.91 Å². The van der Waals surface area contributed by atoms with E-state index in [1.54, 1.807) is 6.92 Å². The van der Waals surface area contributed by atoms with Crippen LogP contribution in [0.15, 0.2) is 47.1 Å². The van der Waals surface area contributed by atoms with Gasteiger partial charge in [0, 0.05) is 43.7 Å². The molecule has 0 spiro atoms. The van der Waals surface area contributed by atoms with E-state index in [4.69, 9.17) is 5.73 Å². The first-order chi connectivity index (χ1) is 16.0. The minimum atomic E-state index is -1.22. The van der Waals surface area contributed by atoms with Gasteiger partial charge in [-0.3, -0.25) is 9.79 Å². The van der Waals surface area contributed by atoms with Crippen LogP contribution in [-0.2, 0) is 4.79 Å². The third kappa shape index (κ3) is 4.37. The molecular formula is C24H20F4N4O2.